The lowest BCUT2D eigenvalue weighted by Crippen LogP contribution is -2.31. The summed E-state index contributed by atoms with van der Waals surface area (Å²) in [5, 5.41) is 0. The van der Waals surface area contributed by atoms with Gasteiger partial charge in [0.2, 0.25) is 0 Å². The highest BCUT2D eigenvalue weighted by molar-refractivity contribution is 4.71. The number of hydrogen-bond donors (Lipinski definition) is 0. The van der Waals surface area contributed by atoms with Gasteiger partial charge in [-0.1, -0.05) is 0 Å². The highest BCUT2D eigenvalue weighted by Crippen LogP contribution is 2.19. The minimum Gasteiger partial charge on any atom is -0.385 e. The molecule has 0 spiro atoms. The molecule has 0 radical (unpaired) electrons. The Kier molecular flexibility index (Phi) is 7.20. The van der Waals surface area contributed by atoms with E-state index in [9.17, 15) is 0 Å². The lowest BCUT2D eigenvalue weighted by Gasteiger charge is -2.29. The smallest absolute Gasteiger partial charge is 0.0648 e. The van der Waals surface area contributed by atoms with Gasteiger partial charge in [0, 0.05) is 20.3 Å². The van der Waals surface area contributed by atoms with Crippen molar-refractivity contribution in [3.05, 3.63) is 0 Å². The van der Waals surface area contributed by atoms with Crippen molar-refractivity contribution >= 4 is 0 Å². The first-order valence-corrected chi connectivity index (χ1v) is 6.10. The van der Waals surface area contributed by atoms with Gasteiger partial charge >= 0.3 is 0 Å². The number of hydrogen-bond acceptors (Lipinski definition) is 3. The molecule has 0 aliphatic carbocycles. The van der Waals surface area contributed by atoms with Crippen LogP contribution in [-0.2, 0) is 14.2 Å². The number of methoxy groups -OCH3 is 1. The van der Waals surface area contributed by atoms with E-state index in [2.05, 4.69) is 27.7 Å². The van der Waals surface area contributed by atoms with Crippen molar-refractivity contribution in [2.45, 2.75) is 58.7 Å². The maximum absolute atomic E-state index is 5.85. The molecule has 0 aromatic rings. The van der Waals surface area contributed by atoms with Crippen LogP contribution in [0.3, 0.4) is 0 Å². The Morgan fingerprint density at radius 3 is 1.81 bits per heavy atom. The van der Waals surface area contributed by atoms with Crippen LogP contribution in [0.25, 0.3) is 0 Å². The molecule has 3 heteroatoms. The van der Waals surface area contributed by atoms with Crippen LogP contribution in [0.2, 0.25) is 0 Å². The highest BCUT2D eigenvalue weighted by atomic mass is 16.5. The minimum atomic E-state index is -0.113. The van der Waals surface area contributed by atoms with Crippen LogP contribution in [0.1, 0.15) is 47.5 Å². The van der Waals surface area contributed by atoms with Gasteiger partial charge in [-0.15, -0.1) is 0 Å². The van der Waals surface area contributed by atoms with Gasteiger partial charge in [-0.2, -0.15) is 0 Å². The zero-order chi connectivity index (χ0) is 12.7. The fraction of sp³-hybridized carbons (Fsp3) is 1.00. The molecule has 0 saturated heterocycles. The first-order chi connectivity index (χ1) is 7.33. The molecule has 0 atom stereocenters. The summed E-state index contributed by atoms with van der Waals surface area (Å²) in [5.41, 5.74) is -0.204. The average Bonchev–Trinajstić information content (AvgIpc) is 2.14. The molecule has 0 heterocycles. The fourth-order valence-corrected chi connectivity index (χ4v) is 1.46. The molecule has 0 bridgehead atoms. The molecule has 0 saturated carbocycles. The second kappa shape index (κ2) is 7.25. The van der Waals surface area contributed by atoms with Crippen molar-refractivity contribution in [2.24, 2.45) is 0 Å². The van der Waals surface area contributed by atoms with Crippen molar-refractivity contribution in [3.63, 3.8) is 0 Å². The quantitative estimate of drug-likeness (QED) is 0.611. The van der Waals surface area contributed by atoms with Crippen LogP contribution in [0.4, 0.5) is 0 Å². The molecule has 0 amide bonds. The molecule has 0 aliphatic heterocycles. The molecule has 0 fully saturated rings. The van der Waals surface area contributed by atoms with Crippen LogP contribution < -0.4 is 0 Å². The third-order valence-corrected chi connectivity index (χ3v) is 2.64. The van der Waals surface area contributed by atoms with Gasteiger partial charge < -0.3 is 14.2 Å². The first kappa shape index (κ1) is 15.9. The first-order valence-electron chi connectivity index (χ1n) is 6.10. The van der Waals surface area contributed by atoms with E-state index in [1.807, 2.05) is 6.92 Å². The van der Waals surface area contributed by atoms with Crippen LogP contribution in [-0.4, -0.2) is 38.1 Å². The van der Waals surface area contributed by atoms with Gasteiger partial charge in [0.1, 0.15) is 0 Å². The largest absolute Gasteiger partial charge is 0.385 e. The maximum atomic E-state index is 5.85. The van der Waals surface area contributed by atoms with Gasteiger partial charge in [-0.05, 0) is 47.5 Å². The normalized spacial score (nSPS) is 13.1. The molecule has 0 rings (SSSR count). The standard InChI is InChI=1S/C13H28O3/c1-7-15-12(2,3)9-11-16-13(4,5)8-10-14-6/h7-11H2,1-6H3. The molecule has 16 heavy (non-hydrogen) atoms. The fourth-order valence-electron chi connectivity index (χ4n) is 1.46. The van der Waals surface area contributed by atoms with E-state index in [1.54, 1.807) is 7.11 Å². The molecular weight excluding hydrogens is 204 g/mol. The molecule has 0 N–H and O–H groups in total. The predicted octanol–water partition coefficient (Wildman–Crippen LogP) is 3.02. The third-order valence-electron chi connectivity index (χ3n) is 2.64. The van der Waals surface area contributed by atoms with Gasteiger partial charge in [-0.25, -0.2) is 0 Å². The van der Waals surface area contributed by atoms with Crippen LogP contribution in [0.5, 0.6) is 0 Å². The summed E-state index contributed by atoms with van der Waals surface area (Å²) in [5.74, 6) is 0. The van der Waals surface area contributed by atoms with Gasteiger partial charge in [0.05, 0.1) is 17.8 Å². The number of ether oxygens (including phenoxy) is 3. The maximum Gasteiger partial charge on any atom is 0.0648 e. The van der Waals surface area contributed by atoms with E-state index >= 15 is 0 Å². The van der Waals surface area contributed by atoms with E-state index in [-0.39, 0.29) is 11.2 Å². The van der Waals surface area contributed by atoms with Crippen LogP contribution in [0.15, 0.2) is 0 Å². The van der Waals surface area contributed by atoms with E-state index in [4.69, 9.17) is 14.2 Å². The van der Waals surface area contributed by atoms with E-state index in [0.717, 1.165) is 32.7 Å². The van der Waals surface area contributed by atoms with Gasteiger partial charge in [-0.3, -0.25) is 0 Å². The Balaban J connectivity index is 3.78. The van der Waals surface area contributed by atoms with Crippen molar-refractivity contribution < 1.29 is 14.2 Å². The Morgan fingerprint density at radius 1 is 0.812 bits per heavy atom. The lowest BCUT2D eigenvalue weighted by molar-refractivity contribution is -0.0764. The van der Waals surface area contributed by atoms with Crippen molar-refractivity contribution in [3.8, 4) is 0 Å². The van der Waals surface area contributed by atoms with E-state index in [0.29, 0.717) is 0 Å². The third kappa shape index (κ3) is 8.08. The molecular formula is C13H28O3. The second-order valence-electron chi connectivity index (χ2n) is 5.29. The summed E-state index contributed by atoms with van der Waals surface area (Å²) >= 11 is 0. The topological polar surface area (TPSA) is 27.7 Å². The molecule has 0 aromatic carbocycles. The number of rotatable bonds is 9. The van der Waals surface area contributed by atoms with Crippen molar-refractivity contribution in [1.29, 1.82) is 0 Å². The van der Waals surface area contributed by atoms with Crippen LogP contribution in [0, 0.1) is 0 Å². The second-order valence-corrected chi connectivity index (χ2v) is 5.29. The zero-order valence-corrected chi connectivity index (χ0v) is 11.8. The highest BCUT2D eigenvalue weighted by Gasteiger charge is 2.22. The molecule has 3 nitrogen and oxygen atoms in total. The summed E-state index contributed by atoms with van der Waals surface area (Å²) in [6.07, 6.45) is 1.83. The van der Waals surface area contributed by atoms with E-state index in [1.165, 1.54) is 0 Å². The van der Waals surface area contributed by atoms with Crippen molar-refractivity contribution in [2.75, 3.05) is 26.9 Å². The Labute approximate surface area is 100 Å². The van der Waals surface area contributed by atoms with Gasteiger partial charge in [0.15, 0.2) is 0 Å². The van der Waals surface area contributed by atoms with Crippen LogP contribution >= 0.6 is 0 Å². The SMILES string of the molecule is CCOC(C)(C)CCOC(C)(C)CCOC. The molecule has 0 aromatic heterocycles. The summed E-state index contributed by atoms with van der Waals surface area (Å²) in [7, 11) is 1.72. The monoisotopic (exact) mass is 232 g/mol. The van der Waals surface area contributed by atoms with Crippen molar-refractivity contribution in [1.82, 2.24) is 0 Å². The van der Waals surface area contributed by atoms with Gasteiger partial charge in [0.25, 0.3) is 0 Å². The Hall–Kier alpha value is -0.120. The lowest BCUT2D eigenvalue weighted by atomic mass is 10.0. The molecule has 0 aliphatic rings. The van der Waals surface area contributed by atoms with E-state index < -0.39 is 0 Å². The summed E-state index contributed by atoms with van der Waals surface area (Å²) in [6, 6.07) is 0. The molecule has 98 valence electrons. The predicted molar refractivity (Wildman–Crippen MR) is 66.8 cm³/mol. The Morgan fingerprint density at radius 2 is 1.31 bits per heavy atom. The summed E-state index contributed by atoms with van der Waals surface area (Å²) in [4.78, 5) is 0. The Bertz CT molecular complexity index is 176. The minimum absolute atomic E-state index is 0.0912. The average molecular weight is 232 g/mol. The summed E-state index contributed by atoms with van der Waals surface area (Å²) < 4.78 is 16.5. The zero-order valence-electron chi connectivity index (χ0n) is 11.8. The molecule has 0 unspecified atom stereocenters. The summed E-state index contributed by atoms with van der Waals surface area (Å²) in [6.45, 7) is 12.6.